The van der Waals surface area contributed by atoms with Crippen molar-refractivity contribution in [3.05, 3.63) is 101 Å². The topological polar surface area (TPSA) is 66.9 Å². The van der Waals surface area contributed by atoms with Crippen LogP contribution in [0.3, 0.4) is 0 Å². The highest BCUT2D eigenvalue weighted by molar-refractivity contribution is 7.92. The Morgan fingerprint density at radius 1 is 1.08 bits per heavy atom. The van der Waals surface area contributed by atoms with E-state index in [1.165, 1.54) is 30.3 Å². The van der Waals surface area contributed by atoms with Crippen molar-refractivity contribution in [1.82, 2.24) is 4.90 Å². The molecule has 0 saturated heterocycles. The predicted molar refractivity (Wildman–Crippen MR) is 145 cm³/mol. The number of anilines is 1. The van der Waals surface area contributed by atoms with Crippen molar-refractivity contribution in [1.29, 1.82) is 0 Å². The molecule has 0 aliphatic carbocycles. The molecule has 0 N–H and O–H groups in total. The Morgan fingerprint density at radius 3 is 2.42 bits per heavy atom. The molecule has 0 saturated carbocycles. The minimum atomic E-state index is -4.38. The summed E-state index contributed by atoms with van der Waals surface area (Å²) in [7, 11) is -4.38. The van der Waals surface area contributed by atoms with Crippen molar-refractivity contribution in [2.24, 2.45) is 0 Å². The highest BCUT2D eigenvalue weighted by Crippen LogP contribution is 2.38. The van der Waals surface area contributed by atoms with E-state index >= 15 is 4.39 Å². The van der Waals surface area contributed by atoms with Gasteiger partial charge in [-0.2, -0.15) is 0 Å². The van der Waals surface area contributed by atoms with Gasteiger partial charge in [0.15, 0.2) is 0 Å². The largest absolute Gasteiger partial charge is 0.491 e. The van der Waals surface area contributed by atoms with E-state index in [4.69, 9.17) is 16.3 Å². The van der Waals surface area contributed by atoms with Gasteiger partial charge in [-0.15, -0.1) is 0 Å². The first-order valence-corrected chi connectivity index (χ1v) is 13.8. The van der Waals surface area contributed by atoms with Crippen LogP contribution in [0.25, 0.3) is 0 Å². The Hall–Kier alpha value is -3.43. The maximum Gasteiger partial charge on any atom is 0.264 e. The first-order chi connectivity index (χ1) is 18.1. The van der Waals surface area contributed by atoms with Gasteiger partial charge < -0.3 is 9.64 Å². The molecule has 6 nitrogen and oxygen atoms in total. The zero-order valence-corrected chi connectivity index (χ0v) is 22.8. The van der Waals surface area contributed by atoms with Crippen LogP contribution in [0, 0.1) is 11.6 Å². The molecule has 0 aliphatic heterocycles. The number of hydrogen-bond acceptors (Lipinski definition) is 4. The molecule has 0 radical (unpaired) electrons. The number of ether oxygens (including phenoxy) is 1. The van der Waals surface area contributed by atoms with Crippen LogP contribution in [0.15, 0.2) is 83.8 Å². The Morgan fingerprint density at radius 2 is 1.76 bits per heavy atom. The molecule has 3 rings (SSSR count). The third kappa shape index (κ3) is 6.71. The summed E-state index contributed by atoms with van der Waals surface area (Å²) < 4.78 is 63.7. The van der Waals surface area contributed by atoms with E-state index in [2.05, 4.69) is 0 Å². The number of halogens is 3. The average molecular weight is 563 g/mol. The number of nitrogens with zero attached hydrogens (tertiary/aromatic N) is 2. The lowest BCUT2D eigenvalue weighted by Gasteiger charge is -2.32. The number of hydrogen-bond donors (Lipinski definition) is 0. The van der Waals surface area contributed by atoms with Gasteiger partial charge in [0.2, 0.25) is 5.91 Å². The summed E-state index contributed by atoms with van der Waals surface area (Å²) >= 11 is 5.94. The smallest absolute Gasteiger partial charge is 0.264 e. The number of likely N-dealkylation sites (N-methyl/N-ethyl adjacent to an activating group) is 1. The van der Waals surface area contributed by atoms with Crippen LogP contribution in [-0.2, 0) is 14.8 Å². The van der Waals surface area contributed by atoms with Crippen LogP contribution in [0.1, 0.15) is 32.4 Å². The van der Waals surface area contributed by atoms with Crippen LogP contribution in [0.4, 0.5) is 14.5 Å². The number of allylic oxidation sites excluding steroid dienone is 1. The Labute approximate surface area is 227 Å². The lowest BCUT2D eigenvalue weighted by molar-refractivity contribution is -0.126. The third-order valence-electron chi connectivity index (χ3n) is 5.86. The Kier molecular flexibility index (Phi) is 9.88. The molecule has 202 valence electrons. The van der Waals surface area contributed by atoms with Crippen molar-refractivity contribution in [2.45, 2.75) is 31.7 Å². The maximum absolute atomic E-state index is 15.0. The van der Waals surface area contributed by atoms with Crippen LogP contribution in [-0.4, -0.2) is 38.9 Å². The molecule has 0 aliphatic rings. The van der Waals surface area contributed by atoms with Gasteiger partial charge in [0.1, 0.15) is 24.0 Å². The molecule has 0 fully saturated rings. The van der Waals surface area contributed by atoms with Gasteiger partial charge in [-0.05, 0) is 69.3 Å². The number of benzene rings is 3. The van der Waals surface area contributed by atoms with Gasteiger partial charge in [-0.25, -0.2) is 17.2 Å². The summed E-state index contributed by atoms with van der Waals surface area (Å²) in [5, 5.41) is 0.327. The van der Waals surface area contributed by atoms with E-state index in [0.29, 0.717) is 29.4 Å². The average Bonchev–Trinajstić information content (AvgIpc) is 2.89. The van der Waals surface area contributed by atoms with Gasteiger partial charge in [-0.1, -0.05) is 35.9 Å². The van der Waals surface area contributed by atoms with Gasteiger partial charge in [0.05, 0.1) is 23.2 Å². The van der Waals surface area contributed by atoms with E-state index in [0.717, 1.165) is 22.5 Å². The monoisotopic (exact) mass is 562 g/mol. The lowest BCUT2D eigenvalue weighted by atomic mass is 10.1. The number of amides is 1. The van der Waals surface area contributed by atoms with Gasteiger partial charge >= 0.3 is 0 Å². The van der Waals surface area contributed by atoms with E-state index in [9.17, 15) is 17.6 Å². The molecule has 0 aromatic heterocycles. The molecule has 3 aromatic carbocycles. The molecule has 38 heavy (non-hydrogen) atoms. The van der Waals surface area contributed by atoms with Gasteiger partial charge in [0, 0.05) is 23.2 Å². The quantitative estimate of drug-likeness (QED) is 0.254. The summed E-state index contributed by atoms with van der Waals surface area (Å²) in [6, 6.07) is 13.8. The predicted octanol–water partition coefficient (Wildman–Crippen LogP) is 6.38. The molecular formula is C28H29ClF2N2O4S. The fourth-order valence-electron chi connectivity index (χ4n) is 3.94. The minimum Gasteiger partial charge on any atom is -0.491 e. The highest BCUT2D eigenvalue weighted by Gasteiger charge is 2.34. The van der Waals surface area contributed by atoms with Crippen LogP contribution < -0.4 is 9.04 Å². The highest BCUT2D eigenvalue weighted by atomic mass is 35.5. The van der Waals surface area contributed by atoms with Crippen molar-refractivity contribution in [3.8, 4) is 5.75 Å². The molecule has 0 heterocycles. The van der Waals surface area contributed by atoms with Crippen LogP contribution >= 0.6 is 11.6 Å². The Balaban J connectivity index is 2.01. The number of rotatable bonds is 11. The Bertz CT molecular complexity index is 1400. The van der Waals surface area contributed by atoms with E-state index in [1.807, 2.05) is 6.92 Å². The molecule has 1 unspecified atom stereocenters. The zero-order valence-electron chi connectivity index (χ0n) is 21.3. The first-order valence-electron chi connectivity index (χ1n) is 12.0. The lowest BCUT2D eigenvalue weighted by Crippen LogP contribution is -2.35. The summed E-state index contributed by atoms with van der Waals surface area (Å²) in [6.07, 6.45) is 3.12. The number of sulfonamides is 1. The summed E-state index contributed by atoms with van der Waals surface area (Å²) in [5.41, 5.74) is -0.0205. The third-order valence-corrected chi connectivity index (χ3v) is 8.01. The first kappa shape index (κ1) is 29.1. The summed E-state index contributed by atoms with van der Waals surface area (Å²) in [4.78, 5) is 13.7. The summed E-state index contributed by atoms with van der Waals surface area (Å²) in [5.74, 6) is -1.50. The molecule has 0 spiro atoms. The van der Waals surface area contributed by atoms with E-state index < -0.39 is 33.4 Å². The van der Waals surface area contributed by atoms with E-state index in [1.54, 1.807) is 49.1 Å². The standard InChI is InChI=1S/C28H29ClF2N2O4S/c1-4-8-28(34)32(5-2)17-18-37-27-10-7-6-9-24(27)20(3)33(26-19-22(30)13-16-25(26)31)38(35,36)23-14-11-21(29)12-15-23/h4,6-16,19-20H,5,17-18H2,1-3H3/b8-4+. The van der Waals surface area contributed by atoms with Gasteiger partial charge in [-0.3, -0.25) is 9.10 Å². The normalized spacial score (nSPS) is 12.4. The number of carbonyl (C=O) groups excluding carboxylic acids is 1. The van der Waals surface area contributed by atoms with Crippen molar-refractivity contribution < 1.29 is 26.7 Å². The molecule has 0 bridgehead atoms. The molecule has 1 amide bonds. The zero-order chi connectivity index (χ0) is 27.9. The number of carbonyl (C=O) groups is 1. The molecule has 1 atom stereocenters. The SMILES string of the molecule is C/C=C/C(=O)N(CC)CCOc1ccccc1C(C)N(c1cc(F)ccc1F)S(=O)(=O)c1ccc(Cl)cc1. The van der Waals surface area contributed by atoms with Crippen molar-refractivity contribution in [2.75, 3.05) is 24.0 Å². The van der Waals surface area contributed by atoms with Gasteiger partial charge in [0.25, 0.3) is 10.0 Å². The van der Waals surface area contributed by atoms with Crippen LogP contribution in [0.2, 0.25) is 5.02 Å². The summed E-state index contributed by atoms with van der Waals surface area (Å²) in [6.45, 7) is 6.09. The van der Waals surface area contributed by atoms with Crippen molar-refractivity contribution in [3.63, 3.8) is 0 Å². The second-order valence-electron chi connectivity index (χ2n) is 8.33. The molecule has 10 heteroatoms. The minimum absolute atomic E-state index is 0.138. The fourth-order valence-corrected chi connectivity index (χ4v) is 5.70. The second kappa shape index (κ2) is 12.9. The maximum atomic E-state index is 15.0. The fraction of sp³-hybridized carbons (Fsp3) is 0.250. The van der Waals surface area contributed by atoms with Crippen molar-refractivity contribution >= 4 is 33.2 Å². The van der Waals surface area contributed by atoms with Crippen LogP contribution in [0.5, 0.6) is 5.75 Å². The van der Waals surface area contributed by atoms with E-state index in [-0.39, 0.29) is 17.4 Å². The molecule has 3 aromatic rings. The number of para-hydroxylation sites is 1. The second-order valence-corrected chi connectivity index (χ2v) is 10.6. The molecular weight excluding hydrogens is 534 g/mol.